The van der Waals surface area contributed by atoms with Crippen LogP contribution in [-0.2, 0) is 4.79 Å². The number of hydrogen-bond acceptors (Lipinski definition) is 4. The molecule has 0 bridgehead atoms. The number of aliphatic carboxylic acids is 1. The Morgan fingerprint density at radius 3 is 2.65 bits per heavy atom. The van der Waals surface area contributed by atoms with E-state index in [2.05, 4.69) is 4.98 Å². The van der Waals surface area contributed by atoms with Crippen LogP contribution in [0.4, 0.5) is 5.69 Å². The maximum atomic E-state index is 10.9. The number of fused-ring (bicyclic) bond motifs is 1. The summed E-state index contributed by atoms with van der Waals surface area (Å²) in [5.74, 6) is -1.92. The fourth-order valence-corrected chi connectivity index (χ4v) is 1.97. The summed E-state index contributed by atoms with van der Waals surface area (Å²) in [6, 6.07) is 3.52. The van der Waals surface area contributed by atoms with Gasteiger partial charge in [0.2, 0.25) is 0 Å². The minimum Gasteiger partial charge on any atom is -0.481 e. The molecule has 0 aliphatic carbocycles. The van der Waals surface area contributed by atoms with Gasteiger partial charge in [-0.1, -0.05) is 0 Å². The van der Waals surface area contributed by atoms with Crippen LogP contribution in [0.25, 0.3) is 5.65 Å². The highest BCUT2D eigenvalue weighted by Gasteiger charge is 2.11. The number of hydrogen-bond donors (Lipinski definition) is 2. The second-order valence-corrected chi connectivity index (χ2v) is 4.31. The molecule has 0 spiro atoms. The average molecular weight is 277 g/mol. The minimum absolute atomic E-state index is 0.0178. The average Bonchev–Trinajstić information content (AvgIpc) is 2.82. The van der Waals surface area contributed by atoms with Crippen molar-refractivity contribution in [3.8, 4) is 0 Å². The van der Waals surface area contributed by atoms with Crippen LogP contribution < -0.4 is 4.90 Å². The van der Waals surface area contributed by atoms with Crippen molar-refractivity contribution in [3.05, 3.63) is 30.2 Å². The third-order valence-corrected chi connectivity index (χ3v) is 3.00. The summed E-state index contributed by atoms with van der Waals surface area (Å²) >= 11 is 0. The fraction of sp³-hybridized carbons (Fsp3) is 0.308. The smallest absolute Gasteiger partial charge is 0.356 e. The normalized spacial score (nSPS) is 10.7. The van der Waals surface area contributed by atoms with Gasteiger partial charge in [0, 0.05) is 25.5 Å². The van der Waals surface area contributed by atoms with Crippen LogP contribution in [0.2, 0.25) is 0 Å². The van der Waals surface area contributed by atoms with E-state index in [4.69, 9.17) is 10.2 Å². The molecule has 0 amide bonds. The number of imidazole rings is 1. The number of aromatic nitrogens is 2. The van der Waals surface area contributed by atoms with Crippen LogP contribution in [0, 0.1) is 0 Å². The van der Waals surface area contributed by atoms with Gasteiger partial charge in [-0.15, -0.1) is 0 Å². The summed E-state index contributed by atoms with van der Waals surface area (Å²) in [7, 11) is 0. The van der Waals surface area contributed by atoms with Crippen LogP contribution in [-0.4, -0.2) is 44.6 Å². The zero-order chi connectivity index (χ0) is 14.7. The number of aromatic carboxylic acids is 1. The molecule has 2 heterocycles. The molecule has 0 atom stereocenters. The summed E-state index contributed by atoms with van der Waals surface area (Å²) in [6.07, 6.45) is 3.24. The molecule has 0 aliphatic rings. The molecule has 7 nitrogen and oxygen atoms in total. The van der Waals surface area contributed by atoms with Gasteiger partial charge in [-0.3, -0.25) is 4.79 Å². The van der Waals surface area contributed by atoms with E-state index in [1.165, 1.54) is 6.20 Å². The first-order chi connectivity index (χ1) is 9.51. The summed E-state index contributed by atoms with van der Waals surface area (Å²) < 4.78 is 1.63. The van der Waals surface area contributed by atoms with E-state index in [1.807, 2.05) is 11.8 Å². The molecule has 0 radical (unpaired) electrons. The molecular weight excluding hydrogens is 262 g/mol. The highest BCUT2D eigenvalue weighted by atomic mass is 16.4. The predicted octanol–water partition coefficient (Wildman–Crippen LogP) is 1.33. The molecule has 2 aromatic heterocycles. The Morgan fingerprint density at radius 2 is 2.05 bits per heavy atom. The van der Waals surface area contributed by atoms with E-state index in [0.717, 1.165) is 5.69 Å². The monoisotopic (exact) mass is 277 g/mol. The molecule has 20 heavy (non-hydrogen) atoms. The summed E-state index contributed by atoms with van der Waals surface area (Å²) in [5, 5.41) is 17.6. The van der Waals surface area contributed by atoms with Gasteiger partial charge in [0.15, 0.2) is 5.69 Å². The highest BCUT2D eigenvalue weighted by molar-refractivity contribution is 5.86. The lowest BCUT2D eigenvalue weighted by Gasteiger charge is -2.22. The molecular formula is C13H15N3O4. The molecule has 0 saturated carbocycles. The Labute approximate surface area is 115 Å². The van der Waals surface area contributed by atoms with Crippen LogP contribution >= 0.6 is 0 Å². The summed E-state index contributed by atoms with van der Waals surface area (Å²) in [6.45, 7) is 3.00. The number of carboxylic acids is 2. The topological polar surface area (TPSA) is 95.1 Å². The van der Waals surface area contributed by atoms with Crippen molar-refractivity contribution in [2.75, 3.05) is 18.0 Å². The van der Waals surface area contributed by atoms with Gasteiger partial charge in [0.1, 0.15) is 5.65 Å². The minimum atomic E-state index is -1.08. The van der Waals surface area contributed by atoms with Crippen LogP contribution in [0.15, 0.2) is 24.5 Å². The maximum absolute atomic E-state index is 10.9. The van der Waals surface area contributed by atoms with Gasteiger partial charge in [0.05, 0.1) is 12.1 Å². The fourth-order valence-electron chi connectivity index (χ4n) is 1.97. The van der Waals surface area contributed by atoms with Gasteiger partial charge in [-0.2, -0.15) is 0 Å². The standard InChI is InChI=1S/C13H15N3O4/c1-2-15(6-5-12(17)18)9-3-4-11-14-10(13(19)20)8-16(11)7-9/h3-4,7-8H,2,5-6H2,1H3,(H,17,18)(H,19,20). The Kier molecular flexibility index (Phi) is 3.88. The van der Waals surface area contributed by atoms with Crippen molar-refractivity contribution in [3.63, 3.8) is 0 Å². The third-order valence-electron chi connectivity index (χ3n) is 3.00. The van der Waals surface area contributed by atoms with Gasteiger partial charge in [0.25, 0.3) is 0 Å². The molecule has 2 N–H and O–H groups in total. The molecule has 106 valence electrons. The maximum Gasteiger partial charge on any atom is 0.356 e. The van der Waals surface area contributed by atoms with E-state index in [0.29, 0.717) is 18.7 Å². The summed E-state index contributed by atoms with van der Waals surface area (Å²) in [5.41, 5.74) is 1.35. The number of pyridine rings is 1. The first kappa shape index (κ1) is 13.9. The first-order valence-corrected chi connectivity index (χ1v) is 6.20. The Bertz CT molecular complexity index is 650. The van der Waals surface area contributed by atoms with E-state index in [1.54, 1.807) is 22.7 Å². The molecule has 0 unspecified atom stereocenters. The van der Waals surface area contributed by atoms with Gasteiger partial charge < -0.3 is 19.5 Å². The van der Waals surface area contributed by atoms with Gasteiger partial charge >= 0.3 is 11.9 Å². The second kappa shape index (κ2) is 5.60. The number of carboxylic acid groups (broad SMARTS) is 2. The highest BCUT2D eigenvalue weighted by Crippen LogP contribution is 2.16. The van der Waals surface area contributed by atoms with Gasteiger partial charge in [-0.25, -0.2) is 9.78 Å². The largest absolute Gasteiger partial charge is 0.481 e. The van der Waals surface area contributed by atoms with Crippen molar-refractivity contribution in [1.82, 2.24) is 9.38 Å². The van der Waals surface area contributed by atoms with E-state index in [-0.39, 0.29) is 12.1 Å². The van der Waals surface area contributed by atoms with E-state index < -0.39 is 11.9 Å². The van der Waals surface area contributed by atoms with Crippen molar-refractivity contribution in [1.29, 1.82) is 0 Å². The lowest BCUT2D eigenvalue weighted by Crippen LogP contribution is -2.25. The van der Waals surface area contributed by atoms with Crippen molar-refractivity contribution in [2.24, 2.45) is 0 Å². The van der Waals surface area contributed by atoms with Crippen LogP contribution in [0.3, 0.4) is 0 Å². The Hall–Kier alpha value is -2.57. The van der Waals surface area contributed by atoms with Crippen LogP contribution in [0.5, 0.6) is 0 Å². The first-order valence-electron chi connectivity index (χ1n) is 6.20. The molecule has 2 rings (SSSR count). The number of anilines is 1. The zero-order valence-electron chi connectivity index (χ0n) is 11.0. The molecule has 0 aliphatic heterocycles. The third kappa shape index (κ3) is 2.87. The zero-order valence-corrected chi connectivity index (χ0v) is 11.0. The number of carbonyl (C=O) groups is 2. The van der Waals surface area contributed by atoms with Crippen LogP contribution in [0.1, 0.15) is 23.8 Å². The van der Waals surface area contributed by atoms with E-state index >= 15 is 0 Å². The van der Waals surface area contributed by atoms with Gasteiger partial charge in [-0.05, 0) is 19.1 Å². The second-order valence-electron chi connectivity index (χ2n) is 4.31. The predicted molar refractivity (Wildman–Crippen MR) is 72.3 cm³/mol. The van der Waals surface area contributed by atoms with E-state index in [9.17, 15) is 9.59 Å². The lowest BCUT2D eigenvalue weighted by molar-refractivity contribution is -0.136. The molecule has 2 aromatic rings. The van der Waals surface area contributed by atoms with Crippen molar-refractivity contribution >= 4 is 23.3 Å². The lowest BCUT2D eigenvalue weighted by atomic mass is 10.3. The Balaban J connectivity index is 2.29. The van der Waals surface area contributed by atoms with Crippen molar-refractivity contribution < 1.29 is 19.8 Å². The Morgan fingerprint density at radius 1 is 1.30 bits per heavy atom. The molecule has 0 aromatic carbocycles. The molecule has 0 fully saturated rings. The quantitative estimate of drug-likeness (QED) is 0.827. The van der Waals surface area contributed by atoms with Crippen molar-refractivity contribution in [2.45, 2.75) is 13.3 Å². The number of nitrogens with zero attached hydrogens (tertiary/aromatic N) is 3. The number of rotatable bonds is 6. The summed E-state index contributed by atoms with van der Waals surface area (Å²) in [4.78, 5) is 27.4. The molecule has 0 saturated heterocycles. The molecule has 7 heteroatoms. The SMILES string of the molecule is CCN(CCC(=O)O)c1ccc2nc(C(=O)O)cn2c1.